The van der Waals surface area contributed by atoms with Crippen LogP contribution in [0.2, 0.25) is 5.28 Å². The lowest BCUT2D eigenvalue weighted by molar-refractivity contribution is 0.773. The lowest BCUT2D eigenvalue weighted by Gasteiger charge is -2.18. The first kappa shape index (κ1) is 10.2. The predicted molar refractivity (Wildman–Crippen MR) is 60.7 cm³/mol. The summed E-state index contributed by atoms with van der Waals surface area (Å²) in [5.74, 6) is 1.71. The van der Waals surface area contributed by atoms with Crippen molar-refractivity contribution in [3.63, 3.8) is 0 Å². The van der Waals surface area contributed by atoms with Crippen LogP contribution in [0.4, 0.5) is 5.82 Å². The van der Waals surface area contributed by atoms with E-state index in [1.807, 2.05) is 7.05 Å². The first-order chi connectivity index (χ1) is 6.66. The molecule has 3 nitrogen and oxygen atoms in total. The van der Waals surface area contributed by atoms with Crippen molar-refractivity contribution in [3.8, 4) is 0 Å². The molecule has 0 atom stereocenters. The van der Waals surface area contributed by atoms with Crippen LogP contribution < -0.4 is 4.90 Å². The van der Waals surface area contributed by atoms with E-state index in [4.69, 9.17) is 11.6 Å². The Morgan fingerprint density at radius 2 is 2.36 bits per heavy atom. The number of hydrogen-bond donors (Lipinski definition) is 0. The van der Waals surface area contributed by atoms with Crippen LogP contribution in [0.15, 0.2) is 10.7 Å². The summed E-state index contributed by atoms with van der Waals surface area (Å²) in [5.41, 5.74) is 0. The third-order valence-electron chi connectivity index (χ3n) is 2.29. The van der Waals surface area contributed by atoms with Gasteiger partial charge in [0.05, 0.1) is 4.47 Å². The van der Waals surface area contributed by atoms with E-state index in [-0.39, 0.29) is 0 Å². The van der Waals surface area contributed by atoms with Gasteiger partial charge in [-0.15, -0.1) is 0 Å². The fourth-order valence-electron chi connectivity index (χ4n) is 1.38. The Kier molecular flexibility index (Phi) is 2.93. The molecule has 0 aromatic carbocycles. The average molecular weight is 277 g/mol. The summed E-state index contributed by atoms with van der Waals surface area (Å²) in [5, 5.41) is 0.297. The highest BCUT2D eigenvalue weighted by atomic mass is 79.9. The lowest BCUT2D eigenvalue weighted by atomic mass is 10.4. The second-order valence-electron chi connectivity index (χ2n) is 3.63. The van der Waals surface area contributed by atoms with Crippen LogP contribution in [-0.4, -0.2) is 23.6 Å². The largest absolute Gasteiger partial charge is 0.358 e. The minimum atomic E-state index is 0.297. The van der Waals surface area contributed by atoms with Gasteiger partial charge in [-0.2, -0.15) is 4.98 Å². The van der Waals surface area contributed by atoms with Crippen LogP contribution in [0.5, 0.6) is 0 Å². The maximum Gasteiger partial charge on any atom is 0.224 e. The number of anilines is 1. The van der Waals surface area contributed by atoms with Gasteiger partial charge in [-0.05, 0) is 46.3 Å². The topological polar surface area (TPSA) is 29.0 Å². The Labute approximate surface area is 96.6 Å². The van der Waals surface area contributed by atoms with Crippen molar-refractivity contribution in [1.29, 1.82) is 0 Å². The molecule has 0 spiro atoms. The van der Waals surface area contributed by atoms with Crippen LogP contribution in [0, 0.1) is 5.92 Å². The second-order valence-corrected chi connectivity index (χ2v) is 4.83. The quantitative estimate of drug-likeness (QED) is 0.795. The lowest BCUT2D eigenvalue weighted by Crippen LogP contribution is -2.21. The average Bonchev–Trinajstić information content (AvgIpc) is 2.93. The van der Waals surface area contributed by atoms with Gasteiger partial charge >= 0.3 is 0 Å². The minimum absolute atomic E-state index is 0.297. The summed E-state index contributed by atoms with van der Waals surface area (Å²) in [6.45, 7) is 1.05. The van der Waals surface area contributed by atoms with E-state index < -0.39 is 0 Å². The van der Waals surface area contributed by atoms with Gasteiger partial charge in [0.25, 0.3) is 0 Å². The second kappa shape index (κ2) is 4.03. The normalized spacial score (nSPS) is 15.6. The zero-order valence-electron chi connectivity index (χ0n) is 7.87. The molecule has 0 aliphatic heterocycles. The SMILES string of the molecule is CN(CC1CC1)c1nc(Cl)ncc1Br. The van der Waals surface area contributed by atoms with Gasteiger partial charge in [-0.1, -0.05) is 0 Å². The molecule has 1 fully saturated rings. The number of nitrogens with zero attached hydrogens (tertiary/aromatic N) is 3. The summed E-state index contributed by atoms with van der Waals surface area (Å²) >= 11 is 9.16. The molecular weight excluding hydrogens is 265 g/mol. The van der Waals surface area contributed by atoms with Crippen LogP contribution >= 0.6 is 27.5 Å². The van der Waals surface area contributed by atoms with Gasteiger partial charge in [-0.3, -0.25) is 0 Å². The summed E-state index contributed by atoms with van der Waals surface area (Å²) < 4.78 is 0.894. The van der Waals surface area contributed by atoms with Gasteiger partial charge in [-0.25, -0.2) is 4.98 Å². The van der Waals surface area contributed by atoms with E-state index in [1.54, 1.807) is 6.20 Å². The first-order valence-corrected chi connectivity index (χ1v) is 5.73. The summed E-state index contributed by atoms with van der Waals surface area (Å²) in [7, 11) is 2.03. The van der Waals surface area contributed by atoms with E-state index in [0.29, 0.717) is 5.28 Å². The zero-order chi connectivity index (χ0) is 10.1. The highest BCUT2D eigenvalue weighted by molar-refractivity contribution is 9.10. The van der Waals surface area contributed by atoms with Gasteiger partial charge in [0.15, 0.2) is 0 Å². The maximum atomic E-state index is 5.74. The molecule has 0 amide bonds. The van der Waals surface area contributed by atoms with E-state index in [0.717, 1.165) is 22.8 Å². The van der Waals surface area contributed by atoms with Crippen molar-refractivity contribution in [2.45, 2.75) is 12.8 Å². The Morgan fingerprint density at radius 3 is 3.00 bits per heavy atom. The Hall–Kier alpha value is -0.350. The third-order valence-corrected chi connectivity index (χ3v) is 3.03. The molecular formula is C9H11BrClN3. The van der Waals surface area contributed by atoms with Gasteiger partial charge < -0.3 is 4.90 Å². The number of halogens is 2. The molecule has 1 aliphatic carbocycles. The van der Waals surface area contributed by atoms with Crippen molar-refractivity contribution in [3.05, 3.63) is 16.0 Å². The monoisotopic (exact) mass is 275 g/mol. The van der Waals surface area contributed by atoms with E-state index in [1.165, 1.54) is 12.8 Å². The van der Waals surface area contributed by atoms with Gasteiger partial charge in [0.2, 0.25) is 5.28 Å². The van der Waals surface area contributed by atoms with Crippen LogP contribution in [0.1, 0.15) is 12.8 Å². The Bertz CT molecular complexity index is 341. The smallest absolute Gasteiger partial charge is 0.224 e. The first-order valence-electron chi connectivity index (χ1n) is 4.56. The Morgan fingerprint density at radius 1 is 1.64 bits per heavy atom. The third kappa shape index (κ3) is 2.36. The van der Waals surface area contributed by atoms with Crippen LogP contribution in [-0.2, 0) is 0 Å². The fraction of sp³-hybridized carbons (Fsp3) is 0.556. The van der Waals surface area contributed by atoms with Gasteiger partial charge in [0, 0.05) is 19.8 Å². The fourth-order valence-corrected chi connectivity index (χ4v) is 2.00. The highest BCUT2D eigenvalue weighted by Gasteiger charge is 2.24. The van der Waals surface area contributed by atoms with E-state index in [9.17, 15) is 0 Å². The van der Waals surface area contributed by atoms with E-state index >= 15 is 0 Å². The number of aromatic nitrogens is 2. The molecule has 0 saturated heterocycles. The minimum Gasteiger partial charge on any atom is -0.358 e. The molecule has 0 unspecified atom stereocenters. The van der Waals surface area contributed by atoms with E-state index in [2.05, 4.69) is 30.8 Å². The van der Waals surface area contributed by atoms with Crippen molar-refractivity contribution in [2.75, 3.05) is 18.5 Å². The Balaban J connectivity index is 2.15. The number of hydrogen-bond acceptors (Lipinski definition) is 3. The predicted octanol–water partition coefficient (Wildman–Crippen LogP) is 2.74. The molecule has 2 rings (SSSR count). The van der Waals surface area contributed by atoms with Crippen LogP contribution in [0.3, 0.4) is 0 Å². The molecule has 14 heavy (non-hydrogen) atoms. The molecule has 76 valence electrons. The molecule has 1 heterocycles. The molecule has 1 saturated carbocycles. The van der Waals surface area contributed by atoms with Crippen molar-refractivity contribution >= 4 is 33.3 Å². The zero-order valence-corrected chi connectivity index (χ0v) is 10.2. The van der Waals surface area contributed by atoms with Crippen molar-refractivity contribution in [2.24, 2.45) is 5.92 Å². The molecule has 0 radical (unpaired) electrons. The summed E-state index contributed by atoms with van der Waals surface area (Å²) in [4.78, 5) is 10.2. The standard InChI is InChI=1S/C9H11BrClN3/c1-14(5-6-2-3-6)8-7(10)4-12-9(11)13-8/h4,6H,2-3,5H2,1H3. The molecule has 1 aromatic heterocycles. The summed E-state index contributed by atoms with van der Waals surface area (Å²) in [6.07, 6.45) is 4.36. The maximum absolute atomic E-state index is 5.74. The molecule has 5 heteroatoms. The summed E-state index contributed by atoms with van der Waals surface area (Å²) in [6, 6.07) is 0. The highest BCUT2D eigenvalue weighted by Crippen LogP contribution is 2.32. The van der Waals surface area contributed by atoms with Crippen molar-refractivity contribution < 1.29 is 0 Å². The van der Waals surface area contributed by atoms with Crippen molar-refractivity contribution in [1.82, 2.24) is 9.97 Å². The molecule has 0 bridgehead atoms. The number of rotatable bonds is 3. The van der Waals surface area contributed by atoms with Gasteiger partial charge in [0.1, 0.15) is 5.82 Å². The molecule has 1 aliphatic rings. The molecule has 0 N–H and O–H groups in total. The molecule has 1 aromatic rings. The van der Waals surface area contributed by atoms with Crippen LogP contribution in [0.25, 0.3) is 0 Å².